The third-order valence-electron chi connectivity index (χ3n) is 3.54. The molecule has 0 aromatic carbocycles. The summed E-state index contributed by atoms with van der Waals surface area (Å²) < 4.78 is 21.6. The summed E-state index contributed by atoms with van der Waals surface area (Å²) >= 11 is 0. The van der Waals surface area contributed by atoms with Gasteiger partial charge < -0.3 is 35.4 Å². The lowest BCUT2D eigenvalue weighted by atomic mass is 10.5. The smallest absolute Gasteiger partial charge is 0.247 e. The van der Waals surface area contributed by atoms with Gasteiger partial charge in [0.25, 0.3) is 0 Å². The molecule has 0 amide bonds. The van der Waals surface area contributed by atoms with Crippen LogP contribution in [0.3, 0.4) is 0 Å². The van der Waals surface area contributed by atoms with Crippen molar-refractivity contribution in [3.05, 3.63) is 12.2 Å². The minimum atomic E-state index is 0.0688. The van der Waals surface area contributed by atoms with Crippen molar-refractivity contribution in [1.29, 1.82) is 0 Å². The van der Waals surface area contributed by atoms with Crippen LogP contribution in [0.25, 0.3) is 11.2 Å². The maximum Gasteiger partial charge on any atom is 0.247 e. The summed E-state index contributed by atoms with van der Waals surface area (Å²) in [6, 6.07) is 0. The van der Waals surface area contributed by atoms with Gasteiger partial charge in [-0.1, -0.05) is 0 Å². The van der Waals surface area contributed by atoms with Crippen LogP contribution in [-0.2, 0) is 27.4 Å². The first-order valence-electron chi connectivity index (χ1n) is 9.05. The summed E-state index contributed by atoms with van der Waals surface area (Å²) in [4.78, 5) is 16.4. The fourth-order valence-electron chi connectivity index (χ4n) is 2.26. The zero-order valence-corrected chi connectivity index (χ0v) is 15.9. The van der Waals surface area contributed by atoms with Gasteiger partial charge in [-0.3, -0.25) is 0 Å². The van der Waals surface area contributed by atoms with Crippen LogP contribution < -0.4 is 16.2 Å². The van der Waals surface area contributed by atoms with E-state index in [4.69, 9.17) is 30.4 Å². The van der Waals surface area contributed by atoms with Gasteiger partial charge in [-0.25, -0.2) is 4.98 Å². The maximum atomic E-state index is 5.65. The van der Waals surface area contributed by atoms with E-state index >= 15 is 0 Å². The number of rotatable bonds is 14. The zero-order valence-electron chi connectivity index (χ0n) is 15.9. The molecule has 14 nitrogen and oxygen atoms in total. The number of fused-ring (bicyclic) bond motifs is 1. The maximum absolute atomic E-state index is 5.65. The van der Waals surface area contributed by atoms with Crippen LogP contribution in [0.4, 0.5) is 5.95 Å². The summed E-state index contributed by atoms with van der Waals surface area (Å²) in [6.07, 6.45) is 1.49. The highest BCUT2D eigenvalue weighted by molar-refractivity contribution is 5.76. The highest BCUT2D eigenvalue weighted by Gasteiger charge is 2.12. The van der Waals surface area contributed by atoms with E-state index in [9.17, 15) is 0 Å². The summed E-state index contributed by atoms with van der Waals surface area (Å²) in [6.45, 7) is 4.00. The molecule has 14 heteroatoms. The molecular formula is C15H24N10O4. The Morgan fingerprint density at radius 3 is 2.55 bits per heavy atom. The molecule has 0 saturated carbocycles. The fraction of sp³-hybridized carbons (Fsp3) is 0.600. The molecule has 3 aromatic rings. The Kier molecular flexibility index (Phi) is 8.00. The first kappa shape index (κ1) is 20.8. The van der Waals surface area contributed by atoms with Crippen molar-refractivity contribution in [3.8, 4) is 5.88 Å². The molecule has 5 N–H and O–H groups in total. The summed E-state index contributed by atoms with van der Waals surface area (Å²) in [5.41, 5.74) is 11.9. The van der Waals surface area contributed by atoms with E-state index in [0.717, 1.165) is 0 Å². The fourth-order valence-corrected chi connectivity index (χ4v) is 2.26. The first-order chi connectivity index (χ1) is 14.3. The lowest BCUT2D eigenvalue weighted by Crippen LogP contribution is -2.15. The first-order valence-corrected chi connectivity index (χ1v) is 9.05. The highest BCUT2D eigenvalue weighted by atomic mass is 16.5. The largest absolute Gasteiger partial charge is 0.468 e. The molecule has 0 aliphatic carbocycles. The Morgan fingerprint density at radius 1 is 1.00 bits per heavy atom. The van der Waals surface area contributed by atoms with Crippen LogP contribution in [0.1, 0.15) is 5.82 Å². The van der Waals surface area contributed by atoms with E-state index in [1.807, 2.05) is 0 Å². The van der Waals surface area contributed by atoms with E-state index in [1.54, 1.807) is 0 Å². The number of aromatic nitrogens is 8. The van der Waals surface area contributed by atoms with Gasteiger partial charge in [0.15, 0.2) is 17.8 Å². The van der Waals surface area contributed by atoms with Crippen molar-refractivity contribution in [3.63, 3.8) is 0 Å². The second-order valence-electron chi connectivity index (χ2n) is 5.70. The molecule has 0 fully saturated rings. The number of hydrogen-bond acceptors (Lipinski definition) is 12. The predicted octanol–water partition coefficient (Wildman–Crippen LogP) is -1.49. The van der Waals surface area contributed by atoms with E-state index in [1.165, 1.54) is 11.1 Å². The lowest BCUT2D eigenvalue weighted by molar-refractivity contribution is 0.0136. The molecule has 3 rings (SSSR count). The van der Waals surface area contributed by atoms with E-state index in [-0.39, 0.29) is 18.4 Å². The molecule has 0 bridgehead atoms. The van der Waals surface area contributed by atoms with Gasteiger partial charge in [-0.05, 0) is 5.21 Å². The lowest BCUT2D eigenvalue weighted by Gasteiger charge is -2.06. The molecule has 0 spiro atoms. The number of nitrogens with two attached hydrogens (primary N) is 2. The van der Waals surface area contributed by atoms with Gasteiger partial charge in [-0.15, -0.1) is 10.2 Å². The molecule has 158 valence electrons. The summed E-state index contributed by atoms with van der Waals surface area (Å²) in [7, 11) is 0. The predicted molar refractivity (Wildman–Crippen MR) is 99.8 cm³/mol. The van der Waals surface area contributed by atoms with Crippen molar-refractivity contribution < 1.29 is 18.9 Å². The molecule has 0 aliphatic rings. The van der Waals surface area contributed by atoms with E-state index in [0.29, 0.717) is 69.7 Å². The standard InChI is InChI=1S/C15H24N10O4/c16-1-3-26-5-7-28-8-6-27-4-2-25-23-11(22-24-25)9-29-14-12-13(19-10-18-12)20-15(17)21-14/h10H,1-9,16H2,(H3,17,18,19,20,21). The van der Waals surface area contributed by atoms with Gasteiger partial charge >= 0.3 is 0 Å². The molecule has 0 radical (unpaired) electrons. The van der Waals surface area contributed by atoms with Crippen molar-refractivity contribution in [2.45, 2.75) is 13.2 Å². The number of anilines is 1. The summed E-state index contributed by atoms with van der Waals surface area (Å²) in [5.74, 6) is 0.728. The van der Waals surface area contributed by atoms with E-state index in [2.05, 4.69) is 35.3 Å². The number of H-pyrrole nitrogens is 1. The van der Waals surface area contributed by atoms with Crippen molar-refractivity contribution in [2.75, 3.05) is 51.9 Å². The molecule has 0 atom stereocenters. The number of ether oxygens (including phenoxy) is 4. The highest BCUT2D eigenvalue weighted by Crippen LogP contribution is 2.20. The Balaban J connectivity index is 1.32. The van der Waals surface area contributed by atoms with Crippen LogP contribution >= 0.6 is 0 Å². The Bertz CT molecular complexity index is 870. The van der Waals surface area contributed by atoms with Crippen LogP contribution in [-0.4, -0.2) is 86.3 Å². The van der Waals surface area contributed by atoms with Crippen molar-refractivity contribution >= 4 is 17.1 Å². The normalized spacial score (nSPS) is 11.3. The van der Waals surface area contributed by atoms with Gasteiger partial charge in [0.1, 0.15) is 0 Å². The molecular weight excluding hydrogens is 384 g/mol. The zero-order chi connectivity index (χ0) is 20.3. The second-order valence-corrected chi connectivity index (χ2v) is 5.70. The third kappa shape index (κ3) is 6.56. The summed E-state index contributed by atoms with van der Waals surface area (Å²) in [5, 5.41) is 12.1. The van der Waals surface area contributed by atoms with Crippen molar-refractivity contribution in [1.82, 2.24) is 40.1 Å². The SMILES string of the molecule is NCCOCCOCCOCCn1nnc(COc2nc(N)nc3[nH]cnc23)n1. The number of nitrogens with one attached hydrogen (secondary N) is 1. The average molecular weight is 408 g/mol. The van der Waals surface area contributed by atoms with E-state index < -0.39 is 0 Å². The number of imidazole rings is 1. The van der Waals surface area contributed by atoms with Gasteiger partial charge in [0.2, 0.25) is 17.7 Å². The van der Waals surface area contributed by atoms with Crippen molar-refractivity contribution in [2.24, 2.45) is 5.73 Å². The monoisotopic (exact) mass is 408 g/mol. The second kappa shape index (κ2) is 11.2. The van der Waals surface area contributed by atoms with Gasteiger partial charge in [-0.2, -0.15) is 14.8 Å². The number of aromatic amines is 1. The molecule has 3 heterocycles. The minimum Gasteiger partial charge on any atom is -0.468 e. The van der Waals surface area contributed by atoms with Gasteiger partial charge in [0, 0.05) is 6.54 Å². The number of nitrogens with zero attached hydrogens (tertiary/aromatic N) is 7. The van der Waals surface area contributed by atoms with Crippen LogP contribution in [0.2, 0.25) is 0 Å². The third-order valence-corrected chi connectivity index (χ3v) is 3.54. The molecule has 29 heavy (non-hydrogen) atoms. The Hall–Kier alpha value is -2.94. The average Bonchev–Trinajstić information content (AvgIpc) is 3.37. The Labute approximate surface area is 165 Å². The topological polar surface area (TPSA) is 187 Å². The molecule has 0 saturated heterocycles. The van der Waals surface area contributed by atoms with Crippen LogP contribution in [0.5, 0.6) is 5.88 Å². The number of hydrogen-bond donors (Lipinski definition) is 3. The number of tetrazole rings is 1. The Morgan fingerprint density at radius 2 is 1.76 bits per heavy atom. The molecule has 0 unspecified atom stereocenters. The number of nitrogen functional groups attached to an aromatic ring is 1. The quantitative estimate of drug-likeness (QED) is 0.263. The van der Waals surface area contributed by atoms with Gasteiger partial charge in [0.05, 0.1) is 52.5 Å². The van der Waals surface area contributed by atoms with Crippen LogP contribution in [0.15, 0.2) is 6.33 Å². The minimum absolute atomic E-state index is 0.0688. The molecule has 3 aromatic heterocycles. The van der Waals surface area contributed by atoms with Crippen LogP contribution in [0, 0.1) is 0 Å². The molecule has 0 aliphatic heterocycles.